The Morgan fingerprint density at radius 1 is 1.47 bits per heavy atom. The van der Waals surface area contributed by atoms with Crippen molar-refractivity contribution in [1.82, 2.24) is 9.97 Å². The Labute approximate surface area is 113 Å². The Hall–Kier alpha value is -1.85. The molecule has 0 spiro atoms. The molecule has 1 fully saturated rings. The Morgan fingerprint density at radius 2 is 2.16 bits per heavy atom. The van der Waals surface area contributed by atoms with Crippen LogP contribution < -0.4 is 16.0 Å². The van der Waals surface area contributed by atoms with Crippen molar-refractivity contribution in [2.24, 2.45) is 11.7 Å². The van der Waals surface area contributed by atoms with Gasteiger partial charge in [-0.3, -0.25) is 4.79 Å². The van der Waals surface area contributed by atoms with E-state index in [1.54, 1.807) is 6.33 Å². The van der Waals surface area contributed by atoms with Crippen LogP contribution in [0.5, 0.6) is 0 Å². The number of nitrogens with one attached hydrogen (secondary N) is 1. The standard InChI is InChI=1S/C13H21N5O/c1-3-15-12-9(2)13(17-8-16-12)18-6-4-10(5-7-18)11(14)19/h8,10H,3-7H2,1-2H3,(H2,14,19)(H,15,16,17). The molecule has 1 aromatic rings. The molecule has 19 heavy (non-hydrogen) atoms. The van der Waals surface area contributed by atoms with Crippen LogP contribution in [0.4, 0.5) is 11.6 Å². The van der Waals surface area contributed by atoms with Gasteiger partial charge in [-0.15, -0.1) is 0 Å². The van der Waals surface area contributed by atoms with E-state index in [1.807, 2.05) is 13.8 Å². The third-order valence-corrected chi connectivity index (χ3v) is 3.60. The summed E-state index contributed by atoms with van der Waals surface area (Å²) in [5.74, 6) is 1.65. The number of rotatable bonds is 4. The first-order valence-electron chi connectivity index (χ1n) is 6.73. The Kier molecular flexibility index (Phi) is 4.19. The first-order valence-corrected chi connectivity index (χ1v) is 6.73. The van der Waals surface area contributed by atoms with E-state index >= 15 is 0 Å². The van der Waals surface area contributed by atoms with Gasteiger partial charge in [0.05, 0.1) is 0 Å². The van der Waals surface area contributed by atoms with Crippen molar-refractivity contribution in [3.63, 3.8) is 0 Å². The Bertz CT molecular complexity index is 454. The highest BCUT2D eigenvalue weighted by Gasteiger charge is 2.25. The average molecular weight is 263 g/mol. The van der Waals surface area contributed by atoms with Crippen LogP contribution in [-0.4, -0.2) is 35.5 Å². The van der Waals surface area contributed by atoms with Gasteiger partial charge in [0.25, 0.3) is 0 Å². The summed E-state index contributed by atoms with van der Waals surface area (Å²) < 4.78 is 0. The van der Waals surface area contributed by atoms with Gasteiger partial charge in [0.2, 0.25) is 5.91 Å². The van der Waals surface area contributed by atoms with Crippen LogP contribution in [0, 0.1) is 12.8 Å². The Balaban J connectivity index is 2.11. The largest absolute Gasteiger partial charge is 0.370 e. The molecule has 0 aliphatic carbocycles. The Morgan fingerprint density at radius 3 is 2.74 bits per heavy atom. The highest BCUT2D eigenvalue weighted by atomic mass is 16.1. The van der Waals surface area contributed by atoms with Crippen molar-refractivity contribution < 1.29 is 4.79 Å². The number of nitrogens with zero attached hydrogens (tertiary/aromatic N) is 3. The highest BCUT2D eigenvalue weighted by molar-refractivity contribution is 5.77. The molecule has 0 radical (unpaired) electrons. The molecule has 1 saturated heterocycles. The number of hydrogen-bond acceptors (Lipinski definition) is 5. The molecule has 6 nitrogen and oxygen atoms in total. The molecule has 0 unspecified atom stereocenters. The molecule has 1 aliphatic heterocycles. The van der Waals surface area contributed by atoms with E-state index < -0.39 is 0 Å². The highest BCUT2D eigenvalue weighted by Crippen LogP contribution is 2.26. The topological polar surface area (TPSA) is 84.1 Å². The van der Waals surface area contributed by atoms with Gasteiger partial charge in [0.15, 0.2) is 0 Å². The van der Waals surface area contributed by atoms with Crippen LogP contribution in [0.25, 0.3) is 0 Å². The molecule has 0 saturated carbocycles. The molecule has 0 bridgehead atoms. The molecular formula is C13H21N5O. The lowest BCUT2D eigenvalue weighted by atomic mass is 9.96. The molecule has 0 aromatic carbocycles. The molecule has 104 valence electrons. The van der Waals surface area contributed by atoms with Crippen molar-refractivity contribution in [3.8, 4) is 0 Å². The van der Waals surface area contributed by atoms with Crippen molar-refractivity contribution in [3.05, 3.63) is 11.9 Å². The summed E-state index contributed by atoms with van der Waals surface area (Å²) in [5, 5.41) is 3.23. The first-order chi connectivity index (χ1) is 9.13. The van der Waals surface area contributed by atoms with Gasteiger partial charge in [-0.25, -0.2) is 9.97 Å². The SMILES string of the molecule is CCNc1ncnc(N2CCC(C(N)=O)CC2)c1C. The minimum Gasteiger partial charge on any atom is -0.370 e. The minimum atomic E-state index is -0.188. The molecule has 3 N–H and O–H groups in total. The van der Waals surface area contributed by atoms with Gasteiger partial charge in [-0.05, 0) is 26.7 Å². The fourth-order valence-electron chi connectivity index (χ4n) is 2.48. The normalized spacial score (nSPS) is 16.4. The summed E-state index contributed by atoms with van der Waals surface area (Å²) in [6.07, 6.45) is 3.19. The van der Waals surface area contributed by atoms with Gasteiger partial charge in [-0.1, -0.05) is 0 Å². The second-order valence-electron chi connectivity index (χ2n) is 4.86. The van der Waals surface area contributed by atoms with Crippen LogP contribution in [0.15, 0.2) is 6.33 Å². The molecule has 1 aromatic heterocycles. The number of nitrogens with two attached hydrogens (primary N) is 1. The fraction of sp³-hybridized carbons (Fsp3) is 0.615. The van der Waals surface area contributed by atoms with E-state index in [0.29, 0.717) is 0 Å². The van der Waals surface area contributed by atoms with Crippen LogP contribution in [0.1, 0.15) is 25.3 Å². The molecule has 2 heterocycles. The summed E-state index contributed by atoms with van der Waals surface area (Å²) in [6.45, 7) is 6.53. The molecule has 0 atom stereocenters. The summed E-state index contributed by atoms with van der Waals surface area (Å²) >= 11 is 0. The summed E-state index contributed by atoms with van der Waals surface area (Å²) in [7, 11) is 0. The van der Waals surface area contributed by atoms with Crippen molar-refractivity contribution >= 4 is 17.5 Å². The van der Waals surface area contributed by atoms with Gasteiger partial charge in [-0.2, -0.15) is 0 Å². The zero-order valence-corrected chi connectivity index (χ0v) is 11.5. The lowest BCUT2D eigenvalue weighted by Gasteiger charge is -2.32. The quantitative estimate of drug-likeness (QED) is 0.844. The van der Waals surface area contributed by atoms with E-state index in [9.17, 15) is 4.79 Å². The van der Waals surface area contributed by atoms with Crippen molar-refractivity contribution in [2.45, 2.75) is 26.7 Å². The van der Waals surface area contributed by atoms with Gasteiger partial charge >= 0.3 is 0 Å². The van der Waals surface area contributed by atoms with Gasteiger partial charge in [0, 0.05) is 31.1 Å². The number of piperidine rings is 1. The third kappa shape index (κ3) is 2.94. The number of aromatic nitrogens is 2. The van der Waals surface area contributed by atoms with Crippen LogP contribution in [0.3, 0.4) is 0 Å². The monoisotopic (exact) mass is 263 g/mol. The first kappa shape index (κ1) is 13.6. The van der Waals surface area contributed by atoms with Crippen LogP contribution >= 0.6 is 0 Å². The molecule has 6 heteroatoms. The third-order valence-electron chi connectivity index (χ3n) is 3.60. The summed E-state index contributed by atoms with van der Waals surface area (Å²) in [6, 6.07) is 0. The summed E-state index contributed by atoms with van der Waals surface area (Å²) in [4.78, 5) is 22.0. The maximum absolute atomic E-state index is 11.2. The van der Waals surface area contributed by atoms with Gasteiger partial charge in [0.1, 0.15) is 18.0 Å². The second kappa shape index (κ2) is 5.86. The van der Waals surface area contributed by atoms with Gasteiger partial charge < -0.3 is 16.0 Å². The van der Waals surface area contributed by atoms with Crippen molar-refractivity contribution in [1.29, 1.82) is 0 Å². The molecule has 2 rings (SSSR count). The van der Waals surface area contributed by atoms with E-state index in [4.69, 9.17) is 5.73 Å². The van der Waals surface area contributed by atoms with E-state index in [-0.39, 0.29) is 11.8 Å². The summed E-state index contributed by atoms with van der Waals surface area (Å²) in [5.41, 5.74) is 6.41. The molecule has 1 aliphatic rings. The van der Waals surface area contributed by atoms with E-state index in [2.05, 4.69) is 20.2 Å². The van der Waals surface area contributed by atoms with Crippen LogP contribution in [0.2, 0.25) is 0 Å². The minimum absolute atomic E-state index is 0.00614. The number of primary amides is 1. The van der Waals surface area contributed by atoms with Crippen molar-refractivity contribution in [2.75, 3.05) is 29.9 Å². The molecule has 1 amide bonds. The van der Waals surface area contributed by atoms with Crippen LogP contribution in [-0.2, 0) is 4.79 Å². The number of carbonyl (C=O) groups is 1. The van der Waals surface area contributed by atoms with E-state index in [1.165, 1.54) is 0 Å². The van der Waals surface area contributed by atoms with E-state index in [0.717, 1.165) is 49.7 Å². The fourth-order valence-corrected chi connectivity index (χ4v) is 2.48. The average Bonchev–Trinajstić information content (AvgIpc) is 2.41. The maximum atomic E-state index is 11.2. The lowest BCUT2D eigenvalue weighted by Crippen LogP contribution is -2.39. The number of amides is 1. The predicted octanol–water partition coefficient (Wildman–Crippen LogP) is 0.919. The molecular weight excluding hydrogens is 242 g/mol. The number of hydrogen-bond donors (Lipinski definition) is 2. The predicted molar refractivity (Wildman–Crippen MR) is 75.1 cm³/mol. The zero-order chi connectivity index (χ0) is 13.8. The number of anilines is 2. The lowest BCUT2D eigenvalue weighted by molar-refractivity contribution is -0.122. The zero-order valence-electron chi connectivity index (χ0n) is 11.5. The smallest absolute Gasteiger partial charge is 0.220 e. The maximum Gasteiger partial charge on any atom is 0.220 e. The number of carbonyl (C=O) groups excluding carboxylic acids is 1. The second-order valence-corrected chi connectivity index (χ2v) is 4.86.